The lowest BCUT2D eigenvalue weighted by molar-refractivity contribution is 0.0904. The normalized spacial score (nSPS) is 22.4. The summed E-state index contributed by atoms with van der Waals surface area (Å²) < 4.78 is 13.0. The molecule has 2 rings (SSSR count). The third kappa shape index (κ3) is 4.50. The van der Waals surface area contributed by atoms with Crippen molar-refractivity contribution in [1.82, 2.24) is 15.1 Å². The van der Waals surface area contributed by atoms with Gasteiger partial charge in [-0.05, 0) is 44.6 Å². The predicted octanol–water partition coefficient (Wildman–Crippen LogP) is 2.50. The number of hydrogen-bond donors (Lipinski definition) is 1. The van der Waals surface area contributed by atoms with Crippen LogP contribution in [0.25, 0.3) is 0 Å². The van der Waals surface area contributed by atoms with Crippen LogP contribution in [0, 0.1) is 5.82 Å². The van der Waals surface area contributed by atoms with Crippen molar-refractivity contribution in [3.8, 4) is 0 Å². The maximum Gasteiger partial charge on any atom is 0.123 e. The Morgan fingerprint density at radius 1 is 1.29 bits per heavy atom. The van der Waals surface area contributed by atoms with Crippen molar-refractivity contribution in [2.75, 3.05) is 40.3 Å². The van der Waals surface area contributed by atoms with Crippen molar-refractivity contribution in [3.05, 3.63) is 35.6 Å². The zero-order valence-corrected chi connectivity index (χ0v) is 13.5. The fourth-order valence-electron chi connectivity index (χ4n) is 3.14. The van der Waals surface area contributed by atoms with Gasteiger partial charge in [-0.1, -0.05) is 19.1 Å². The van der Waals surface area contributed by atoms with Gasteiger partial charge in [-0.2, -0.15) is 0 Å². The van der Waals surface area contributed by atoms with E-state index in [9.17, 15) is 4.39 Å². The Bertz CT molecular complexity index is 421. The van der Waals surface area contributed by atoms with E-state index in [2.05, 4.69) is 29.1 Å². The van der Waals surface area contributed by atoms with E-state index in [1.165, 1.54) is 12.0 Å². The molecule has 1 aromatic carbocycles. The molecule has 1 saturated heterocycles. The van der Waals surface area contributed by atoms with Crippen molar-refractivity contribution >= 4 is 0 Å². The van der Waals surface area contributed by atoms with Gasteiger partial charge in [0.2, 0.25) is 0 Å². The smallest absolute Gasteiger partial charge is 0.123 e. The van der Waals surface area contributed by atoms with Crippen LogP contribution in [0.4, 0.5) is 4.39 Å². The van der Waals surface area contributed by atoms with Gasteiger partial charge in [0, 0.05) is 38.3 Å². The van der Waals surface area contributed by atoms with Crippen LogP contribution in [-0.4, -0.2) is 56.1 Å². The average Bonchev–Trinajstić information content (AvgIpc) is 2.51. The minimum Gasteiger partial charge on any atom is -0.313 e. The van der Waals surface area contributed by atoms with Gasteiger partial charge in [0.15, 0.2) is 0 Å². The van der Waals surface area contributed by atoms with E-state index in [1.807, 2.05) is 19.2 Å². The molecule has 0 radical (unpaired) electrons. The van der Waals surface area contributed by atoms with Crippen molar-refractivity contribution < 1.29 is 4.39 Å². The first-order chi connectivity index (χ1) is 10.1. The first-order valence-electron chi connectivity index (χ1n) is 7.99. The molecule has 21 heavy (non-hydrogen) atoms. The highest BCUT2D eigenvalue weighted by Gasteiger charge is 2.23. The molecule has 1 N–H and O–H groups in total. The van der Waals surface area contributed by atoms with E-state index in [-0.39, 0.29) is 5.82 Å². The summed E-state index contributed by atoms with van der Waals surface area (Å²) in [4.78, 5) is 5.02. The fraction of sp³-hybridized carbons (Fsp3) is 0.647. The van der Waals surface area contributed by atoms with Crippen molar-refractivity contribution in [1.29, 1.82) is 0 Å². The Morgan fingerprint density at radius 3 is 2.62 bits per heavy atom. The van der Waals surface area contributed by atoms with Crippen LogP contribution in [0.2, 0.25) is 0 Å². The van der Waals surface area contributed by atoms with Crippen LogP contribution in [-0.2, 0) is 0 Å². The van der Waals surface area contributed by atoms with Crippen molar-refractivity contribution in [3.63, 3.8) is 0 Å². The summed E-state index contributed by atoms with van der Waals surface area (Å²) in [5.74, 6) is -0.168. The Morgan fingerprint density at radius 2 is 2.00 bits per heavy atom. The van der Waals surface area contributed by atoms with Gasteiger partial charge in [-0.25, -0.2) is 4.39 Å². The van der Waals surface area contributed by atoms with E-state index in [0.717, 1.165) is 32.6 Å². The molecule has 1 aliphatic rings. The number of nitrogens with zero attached hydrogens (tertiary/aromatic N) is 2. The predicted molar refractivity (Wildman–Crippen MR) is 86.0 cm³/mol. The zero-order chi connectivity index (χ0) is 15.2. The molecule has 2 atom stereocenters. The Hall–Kier alpha value is -0.970. The second-order valence-corrected chi connectivity index (χ2v) is 6.02. The standard InChI is InChI=1S/C17H28FN3/c1-4-16-13-21(12-11-20(16)3)10-9-17(19-2)14-5-7-15(18)8-6-14/h5-8,16-17,19H,4,9-13H2,1-3H3. The topological polar surface area (TPSA) is 18.5 Å². The first-order valence-corrected chi connectivity index (χ1v) is 7.99. The number of nitrogens with one attached hydrogen (secondary N) is 1. The molecule has 0 saturated carbocycles. The fourth-order valence-corrected chi connectivity index (χ4v) is 3.14. The van der Waals surface area contributed by atoms with Gasteiger partial charge in [0.1, 0.15) is 5.82 Å². The van der Waals surface area contributed by atoms with Gasteiger partial charge < -0.3 is 15.1 Å². The number of hydrogen-bond acceptors (Lipinski definition) is 3. The minimum atomic E-state index is -0.168. The van der Waals surface area contributed by atoms with Crippen LogP contribution < -0.4 is 5.32 Å². The number of rotatable bonds is 6. The van der Waals surface area contributed by atoms with Gasteiger partial charge in [-0.15, -0.1) is 0 Å². The molecule has 0 spiro atoms. The maximum atomic E-state index is 13.0. The quantitative estimate of drug-likeness (QED) is 0.869. The minimum absolute atomic E-state index is 0.168. The summed E-state index contributed by atoms with van der Waals surface area (Å²) >= 11 is 0. The van der Waals surface area contributed by atoms with Crippen LogP contribution in [0.15, 0.2) is 24.3 Å². The third-order valence-corrected chi connectivity index (χ3v) is 4.69. The lowest BCUT2D eigenvalue weighted by atomic mass is 10.0. The summed E-state index contributed by atoms with van der Waals surface area (Å²) in [6.45, 7) is 6.81. The van der Waals surface area contributed by atoms with Crippen LogP contribution in [0.1, 0.15) is 31.4 Å². The second kappa shape index (κ2) is 7.87. The highest BCUT2D eigenvalue weighted by molar-refractivity contribution is 5.19. The number of piperazine rings is 1. The van der Waals surface area contributed by atoms with Crippen molar-refractivity contribution in [2.45, 2.75) is 31.8 Å². The van der Waals surface area contributed by atoms with E-state index in [4.69, 9.17) is 0 Å². The average molecular weight is 293 g/mol. The molecular formula is C17H28FN3. The van der Waals surface area contributed by atoms with E-state index in [1.54, 1.807) is 12.1 Å². The Kier molecular flexibility index (Phi) is 6.15. The Balaban J connectivity index is 1.87. The lowest BCUT2D eigenvalue weighted by Crippen LogP contribution is -2.51. The summed E-state index contributed by atoms with van der Waals surface area (Å²) in [7, 11) is 4.20. The third-order valence-electron chi connectivity index (χ3n) is 4.69. The lowest BCUT2D eigenvalue weighted by Gasteiger charge is -2.39. The van der Waals surface area contributed by atoms with E-state index >= 15 is 0 Å². The van der Waals surface area contributed by atoms with Gasteiger partial charge in [0.25, 0.3) is 0 Å². The van der Waals surface area contributed by atoms with Gasteiger partial charge >= 0.3 is 0 Å². The monoisotopic (exact) mass is 293 g/mol. The summed E-state index contributed by atoms with van der Waals surface area (Å²) in [6, 6.07) is 7.83. The molecule has 0 amide bonds. The maximum absolute atomic E-state index is 13.0. The van der Waals surface area contributed by atoms with Gasteiger partial charge in [0.05, 0.1) is 0 Å². The SMILES string of the molecule is CCC1CN(CCC(NC)c2ccc(F)cc2)CCN1C. The van der Waals surface area contributed by atoms with Crippen LogP contribution in [0.5, 0.6) is 0 Å². The Labute approximate surface area is 128 Å². The highest BCUT2D eigenvalue weighted by Crippen LogP contribution is 2.19. The molecule has 0 aliphatic carbocycles. The largest absolute Gasteiger partial charge is 0.313 e. The summed E-state index contributed by atoms with van der Waals surface area (Å²) in [5, 5.41) is 3.35. The molecule has 1 fully saturated rings. The molecule has 0 bridgehead atoms. The molecule has 1 aliphatic heterocycles. The van der Waals surface area contributed by atoms with Gasteiger partial charge in [-0.3, -0.25) is 0 Å². The number of likely N-dealkylation sites (N-methyl/N-ethyl adjacent to an activating group) is 1. The van der Waals surface area contributed by atoms with Crippen LogP contribution >= 0.6 is 0 Å². The van der Waals surface area contributed by atoms with Crippen LogP contribution in [0.3, 0.4) is 0 Å². The molecule has 2 unspecified atom stereocenters. The summed E-state index contributed by atoms with van der Waals surface area (Å²) in [6.07, 6.45) is 2.27. The number of halogens is 1. The van der Waals surface area contributed by atoms with E-state index in [0.29, 0.717) is 12.1 Å². The highest BCUT2D eigenvalue weighted by atomic mass is 19.1. The number of benzene rings is 1. The molecule has 1 aromatic rings. The summed E-state index contributed by atoms with van der Waals surface area (Å²) in [5.41, 5.74) is 1.17. The second-order valence-electron chi connectivity index (χ2n) is 6.02. The molecule has 4 heteroatoms. The molecular weight excluding hydrogens is 265 g/mol. The van der Waals surface area contributed by atoms with Crippen molar-refractivity contribution in [2.24, 2.45) is 0 Å². The molecule has 3 nitrogen and oxygen atoms in total. The molecule has 1 heterocycles. The van der Waals surface area contributed by atoms with E-state index < -0.39 is 0 Å². The molecule has 118 valence electrons. The zero-order valence-electron chi connectivity index (χ0n) is 13.5. The first kappa shape index (κ1) is 16.4. The molecule has 0 aromatic heterocycles.